The van der Waals surface area contributed by atoms with Crippen molar-refractivity contribution in [3.63, 3.8) is 0 Å². The Hall–Kier alpha value is -1.59. The van der Waals surface area contributed by atoms with Crippen molar-refractivity contribution < 1.29 is 9.53 Å². The molecule has 0 heterocycles. The third kappa shape index (κ3) is 5.59. The molecule has 0 radical (unpaired) electrons. The van der Waals surface area contributed by atoms with E-state index in [1.165, 1.54) is 0 Å². The van der Waals surface area contributed by atoms with Crippen LogP contribution in [-0.2, 0) is 4.74 Å². The molecule has 20 heavy (non-hydrogen) atoms. The number of unbranched alkanes of at least 4 members (excludes halogenated alkanes) is 1. The molecule has 0 bridgehead atoms. The van der Waals surface area contributed by atoms with E-state index in [1.807, 2.05) is 13.0 Å². The number of rotatable bonds is 9. The van der Waals surface area contributed by atoms with E-state index in [-0.39, 0.29) is 5.91 Å². The van der Waals surface area contributed by atoms with Gasteiger partial charge in [0.05, 0.1) is 0 Å². The summed E-state index contributed by atoms with van der Waals surface area (Å²) in [5, 5.41) is 2.90. The van der Waals surface area contributed by atoms with Gasteiger partial charge in [0.1, 0.15) is 0 Å². The Balaban J connectivity index is 2.29. The summed E-state index contributed by atoms with van der Waals surface area (Å²) in [7, 11) is 0. The minimum Gasteiger partial charge on any atom is -0.381 e. The van der Waals surface area contributed by atoms with Crippen molar-refractivity contribution in [3.8, 4) is 0 Å². The molecule has 1 rings (SSSR count). The molecule has 0 fully saturated rings. The zero-order chi connectivity index (χ0) is 14.8. The van der Waals surface area contributed by atoms with Gasteiger partial charge in [0, 0.05) is 31.0 Å². The van der Waals surface area contributed by atoms with Crippen LogP contribution in [0, 0.1) is 6.92 Å². The number of amides is 1. The molecule has 0 unspecified atom stereocenters. The number of ether oxygens (including phenoxy) is 1. The Morgan fingerprint density at radius 2 is 2.05 bits per heavy atom. The molecule has 0 spiro atoms. The first-order chi connectivity index (χ1) is 9.69. The number of anilines is 1. The summed E-state index contributed by atoms with van der Waals surface area (Å²) in [5.41, 5.74) is 4.93. The van der Waals surface area contributed by atoms with E-state index in [1.54, 1.807) is 12.1 Å². The monoisotopic (exact) mass is 279 g/mol. The van der Waals surface area contributed by atoms with Gasteiger partial charge in [0.25, 0.3) is 5.91 Å². The highest BCUT2D eigenvalue weighted by molar-refractivity contribution is 5.96. The van der Waals surface area contributed by atoms with Crippen LogP contribution in [0.15, 0.2) is 18.2 Å². The topological polar surface area (TPSA) is 76.4 Å². The van der Waals surface area contributed by atoms with Crippen molar-refractivity contribution in [2.24, 2.45) is 5.84 Å². The highest BCUT2D eigenvalue weighted by atomic mass is 16.5. The summed E-state index contributed by atoms with van der Waals surface area (Å²) in [6.45, 7) is 6.15. The lowest BCUT2D eigenvalue weighted by Gasteiger charge is -2.09. The Labute approximate surface area is 120 Å². The average Bonchev–Trinajstić information content (AvgIpc) is 2.45. The minimum atomic E-state index is -0.0559. The van der Waals surface area contributed by atoms with E-state index < -0.39 is 0 Å². The van der Waals surface area contributed by atoms with Gasteiger partial charge in [-0.15, -0.1) is 0 Å². The van der Waals surface area contributed by atoms with Crippen LogP contribution in [0.3, 0.4) is 0 Å². The van der Waals surface area contributed by atoms with Crippen LogP contribution in [0.25, 0.3) is 0 Å². The second-order valence-corrected chi connectivity index (χ2v) is 4.75. The molecule has 0 saturated heterocycles. The van der Waals surface area contributed by atoms with Gasteiger partial charge >= 0.3 is 0 Å². The standard InChI is InChI=1S/C15H25N3O2/c1-3-4-9-20-10-5-8-17-15(19)14-7-6-13(18-16)11-12(14)2/h6-7,11,18H,3-5,8-10,16H2,1-2H3,(H,17,19). The average molecular weight is 279 g/mol. The first kappa shape index (κ1) is 16.5. The van der Waals surface area contributed by atoms with Crippen LogP contribution in [0.4, 0.5) is 5.69 Å². The molecule has 112 valence electrons. The fourth-order valence-corrected chi connectivity index (χ4v) is 1.83. The van der Waals surface area contributed by atoms with E-state index >= 15 is 0 Å². The number of nitrogens with one attached hydrogen (secondary N) is 2. The van der Waals surface area contributed by atoms with Crippen molar-refractivity contribution in [2.45, 2.75) is 33.1 Å². The number of aryl methyl sites for hydroxylation is 1. The zero-order valence-electron chi connectivity index (χ0n) is 12.4. The number of carbonyl (C=O) groups excluding carboxylic acids is 1. The van der Waals surface area contributed by atoms with Crippen molar-refractivity contribution in [1.82, 2.24) is 5.32 Å². The second-order valence-electron chi connectivity index (χ2n) is 4.75. The molecule has 0 aliphatic rings. The summed E-state index contributed by atoms with van der Waals surface area (Å²) in [4.78, 5) is 12.0. The second kappa shape index (κ2) is 9.34. The Bertz CT molecular complexity index is 422. The molecule has 0 saturated carbocycles. The lowest BCUT2D eigenvalue weighted by atomic mass is 10.1. The number of hydrogen-bond donors (Lipinski definition) is 3. The van der Waals surface area contributed by atoms with Crippen LogP contribution in [-0.4, -0.2) is 25.7 Å². The Kier molecular flexibility index (Phi) is 7.69. The van der Waals surface area contributed by atoms with Crippen molar-refractivity contribution >= 4 is 11.6 Å². The molecule has 5 nitrogen and oxygen atoms in total. The first-order valence-electron chi connectivity index (χ1n) is 7.12. The summed E-state index contributed by atoms with van der Waals surface area (Å²) in [5.74, 6) is 5.27. The molecule has 1 aromatic carbocycles. The summed E-state index contributed by atoms with van der Waals surface area (Å²) in [6, 6.07) is 5.41. The van der Waals surface area contributed by atoms with Gasteiger partial charge in [0.2, 0.25) is 0 Å². The van der Waals surface area contributed by atoms with Gasteiger partial charge in [-0.1, -0.05) is 13.3 Å². The normalized spacial score (nSPS) is 10.3. The summed E-state index contributed by atoms with van der Waals surface area (Å²) < 4.78 is 5.44. The van der Waals surface area contributed by atoms with Crippen LogP contribution in [0.1, 0.15) is 42.1 Å². The largest absolute Gasteiger partial charge is 0.381 e. The number of carbonyl (C=O) groups is 1. The van der Waals surface area contributed by atoms with Gasteiger partial charge in [-0.05, 0) is 43.5 Å². The van der Waals surface area contributed by atoms with Crippen LogP contribution in [0.5, 0.6) is 0 Å². The number of nitrogens with two attached hydrogens (primary N) is 1. The van der Waals surface area contributed by atoms with Gasteiger partial charge < -0.3 is 15.5 Å². The smallest absolute Gasteiger partial charge is 0.251 e. The van der Waals surface area contributed by atoms with E-state index in [0.717, 1.165) is 37.1 Å². The molecule has 1 amide bonds. The SMILES string of the molecule is CCCCOCCCNC(=O)c1ccc(NN)cc1C. The van der Waals surface area contributed by atoms with Gasteiger partial charge in [-0.2, -0.15) is 0 Å². The lowest BCUT2D eigenvalue weighted by Crippen LogP contribution is -2.26. The predicted molar refractivity (Wildman–Crippen MR) is 81.7 cm³/mol. The molecule has 5 heteroatoms. The lowest BCUT2D eigenvalue weighted by molar-refractivity contribution is 0.0940. The molecule has 0 atom stereocenters. The molecule has 0 aliphatic heterocycles. The zero-order valence-corrected chi connectivity index (χ0v) is 12.4. The predicted octanol–water partition coefficient (Wildman–Crippen LogP) is 2.22. The maximum atomic E-state index is 12.0. The van der Waals surface area contributed by atoms with Crippen LogP contribution >= 0.6 is 0 Å². The van der Waals surface area contributed by atoms with Crippen molar-refractivity contribution in [3.05, 3.63) is 29.3 Å². The number of nitrogen functional groups attached to an aromatic ring is 1. The maximum absolute atomic E-state index is 12.0. The van der Waals surface area contributed by atoms with Gasteiger partial charge in [-0.25, -0.2) is 0 Å². The van der Waals surface area contributed by atoms with E-state index in [9.17, 15) is 4.79 Å². The molecule has 0 aromatic heterocycles. The first-order valence-corrected chi connectivity index (χ1v) is 7.12. The highest BCUT2D eigenvalue weighted by Gasteiger charge is 2.08. The molecular weight excluding hydrogens is 254 g/mol. The summed E-state index contributed by atoms with van der Waals surface area (Å²) >= 11 is 0. The van der Waals surface area contributed by atoms with Crippen molar-refractivity contribution in [2.75, 3.05) is 25.2 Å². The van der Waals surface area contributed by atoms with Crippen LogP contribution in [0.2, 0.25) is 0 Å². The van der Waals surface area contributed by atoms with E-state index in [0.29, 0.717) is 18.7 Å². The number of hydrogen-bond acceptors (Lipinski definition) is 4. The minimum absolute atomic E-state index is 0.0559. The van der Waals surface area contributed by atoms with Gasteiger partial charge in [0.15, 0.2) is 0 Å². The fourth-order valence-electron chi connectivity index (χ4n) is 1.83. The van der Waals surface area contributed by atoms with E-state index in [4.69, 9.17) is 10.6 Å². The summed E-state index contributed by atoms with van der Waals surface area (Å²) in [6.07, 6.45) is 3.06. The molecular formula is C15H25N3O2. The third-order valence-electron chi connectivity index (χ3n) is 3.03. The number of hydrazine groups is 1. The maximum Gasteiger partial charge on any atom is 0.251 e. The molecule has 1 aromatic rings. The number of benzene rings is 1. The Morgan fingerprint density at radius 3 is 2.70 bits per heavy atom. The molecule has 0 aliphatic carbocycles. The van der Waals surface area contributed by atoms with E-state index in [2.05, 4.69) is 17.7 Å². The van der Waals surface area contributed by atoms with Crippen molar-refractivity contribution in [1.29, 1.82) is 0 Å². The van der Waals surface area contributed by atoms with Crippen LogP contribution < -0.4 is 16.6 Å². The Morgan fingerprint density at radius 1 is 1.30 bits per heavy atom. The molecule has 4 N–H and O–H groups in total. The van der Waals surface area contributed by atoms with Gasteiger partial charge in [-0.3, -0.25) is 10.6 Å². The quantitative estimate of drug-likeness (QED) is 0.368. The highest BCUT2D eigenvalue weighted by Crippen LogP contribution is 2.14. The fraction of sp³-hybridized carbons (Fsp3) is 0.533. The third-order valence-corrected chi connectivity index (χ3v) is 3.03.